The van der Waals surface area contributed by atoms with Gasteiger partial charge in [0, 0.05) is 12.6 Å². The number of hydrogen-bond donors (Lipinski definition) is 2. The maximum atomic E-state index is 12.7. The summed E-state index contributed by atoms with van der Waals surface area (Å²) < 4.78 is 26.5. The largest absolute Gasteiger partial charge is 0.389 e. The number of benzene rings is 1. The average molecular weight is 324 g/mol. The van der Waals surface area contributed by atoms with Crippen molar-refractivity contribution in [1.29, 1.82) is 0 Å². The van der Waals surface area contributed by atoms with Gasteiger partial charge in [0.25, 0.3) is 10.0 Å². The minimum Gasteiger partial charge on any atom is -0.389 e. The minimum absolute atomic E-state index is 0.198. The first kappa shape index (κ1) is 15.5. The quantitative estimate of drug-likeness (QED) is 0.831. The zero-order chi connectivity index (χ0) is 15.8. The summed E-state index contributed by atoms with van der Waals surface area (Å²) in [5, 5.41) is 6.62. The molecule has 6 nitrogen and oxygen atoms in total. The van der Waals surface area contributed by atoms with E-state index in [1.54, 1.807) is 38.1 Å². The number of anilines is 1. The third-order valence-corrected chi connectivity index (χ3v) is 5.48. The topological polar surface area (TPSA) is 92.1 Å². The van der Waals surface area contributed by atoms with E-state index < -0.39 is 10.0 Å². The number of aryl methyl sites for hydroxylation is 2. The molecule has 1 heterocycles. The van der Waals surface area contributed by atoms with Crippen LogP contribution in [0.3, 0.4) is 0 Å². The monoisotopic (exact) mass is 324 g/mol. The Labute approximate surface area is 129 Å². The van der Waals surface area contributed by atoms with E-state index in [1.165, 1.54) is 11.4 Å². The molecule has 1 aromatic heterocycles. The van der Waals surface area contributed by atoms with Crippen molar-refractivity contribution in [2.75, 3.05) is 11.4 Å². The SMILES string of the molecule is Cc1n[nH]c(C)c1S(=O)(=O)N(C)c1ccc(C(N)=S)cc1. The minimum atomic E-state index is -3.67. The maximum absolute atomic E-state index is 12.7. The number of nitrogens with two attached hydrogens (primary N) is 1. The van der Waals surface area contributed by atoms with Crippen molar-refractivity contribution in [3.05, 3.63) is 41.2 Å². The molecule has 0 atom stereocenters. The Morgan fingerprint density at radius 2 is 1.86 bits per heavy atom. The van der Waals surface area contributed by atoms with Gasteiger partial charge in [-0.3, -0.25) is 9.40 Å². The van der Waals surface area contributed by atoms with E-state index in [1.807, 2.05) is 0 Å². The third kappa shape index (κ3) is 2.77. The standard InChI is InChI=1S/C13H16N4O2S2/c1-8-12(9(2)16-15-8)21(18,19)17(3)11-6-4-10(5-7-11)13(14)20/h4-7H,1-3H3,(H2,14,20)(H,15,16). The first-order valence-corrected chi connectivity index (χ1v) is 8.00. The van der Waals surface area contributed by atoms with Crippen molar-refractivity contribution in [1.82, 2.24) is 10.2 Å². The highest BCUT2D eigenvalue weighted by molar-refractivity contribution is 7.92. The van der Waals surface area contributed by atoms with E-state index in [0.717, 1.165) is 0 Å². The van der Waals surface area contributed by atoms with Gasteiger partial charge in [-0.05, 0) is 38.1 Å². The van der Waals surface area contributed by atoms with Gasteiger partial charge in [-0.1, -0.05) is 12.2 Å². The molecule has 0 aliphatic rings. The predicted octanol–water partition coefficient (Wildman–Crippen LogP) is 1.49. The van der Waals surface area contributed by atoms with E-state index in [9.17, 15) is 8.42 Å². The summed E-state index contributed by atoms with van der Waals surface area (Å²) in [7, 11) is -2.17. The Hall–Kier alpha value is -1.93. The fraction of sp³-hybridized carbons (Fsp3) is 0.231. The lowest BCUT2D eigenvalue weighted by Crippen LogP contribution is -2.27. The van der Waals surface area contributed by atoms with Crippen molar-refractivity contribution in [3.8, 4) is 0 Å². The fourth-order valence-electron chi connectivity index (χ4n) is 2.03. The van der Waals surface area contributed by atoms with Gasteiger partial charge in [0.1, 0.15) is 9.88 Å². The van der Waals surface area contributed by atoms with Crippen LogP contribution in [0.2, 0.25) is 0 Å². The van der Waals surface area contributed by atoms with Crippen LogP contribution in [-0.2, 0) is 10.0 Å². The van der Waals surface area contributed by atoms with Gasteiger partial charge in [0.05, 0.1) is 17.1 Å². The number of nitrogens with one attached hydrogen (secondary N) is 1. The van der Waals surface area contributed by atoms with E-state index in [2.05, 4.69) is 10.2 Å². The number of aromatic amines is 1. The van der Waals surface area contributed by atoms with Crippen LogP contribution in [-0.4, -0.2) is 30.7 Å². The highest BCUT2D eigenvalue weighted by Crippen LogP contribution is 2.25. The number of nitrogens with zero attached hydrogens (tertiary/aromatic N) is 2. The average Bonchev–Trinajstić information content (AvgIpc) is 2.78. The molecule has 0 aliphatic heterocycles. The second kappa shape index (κ2) is 5.45. The molecule has 0 bridgehead atoms. The van der Waals surface area contributed by atoms with Crippen LogP contribution in [0, 0.1) is 13.8 Å². The van der Waals surface area contributed by atoms with Crippen LogP contribution >= 0.6 is 12.2 Å². The molecule has 8 heteroatoms. The molecule has 0 fully saturated rings. The molecule has 3 N–H and O–H groups in total. The van der Waals surface area contributed by atoms with Crippen molar-refractivity contribution < 1.29 is 8.42 Å². The Morgan fingerprint density at radius 1 is 1.29 bits per heavy atom. The molecule has 0 unspecified atom stereocenters. The Morgan fingerprint density at radius 3 is 2.29 bits per heavy atom. The molecule has 1 aromatic carbocycles. The molecule has 2 rings (SSSR count). The van der Waals surface area contributed by atoms with Gasteiger partial charge in [-0.2, -0.15) is 5.10 Å². The first-order chi connectivity index (χ1) is 9.75. The number of hydrogen-bond acceptors (Lipinski definition) is 4. The van der Waals surface area contributed by atoms with Crippen LogP contribution in [0.1, 0.15) is 17.0 Å². The van der Waals surface area contributed by atoms with E-state index in [0.29, 0.717) is 22.6 Å². The van der Waals surface area contributed by atoms with Crippen molar-refractivity contribution in [3.63, 3.8) is 0 Å². The van der Waals surface area contributed by atoms with Crippen LogP contribution in [0.25, 0.3) is 0 Å². The molecule has 0 amide bonds. The molecular weight excluding hydrogens is 308 g/mol. The molecule has 2 aromatic rings. The number of aromatic nitrogens is 2. The number of rotatable bonds is 4. The van der Waals surface area contributed by atoms with Crippen molar-refractivity contribution in [2.24, 2.45) is 5.73 Å². The van der Waals surface area contributed by atoms with Crippen LogP contribution < -0.4 is 10.0 Å². The smallest absolute Gasteiger partial charge is 0.267 e. The van der Waals surface area contributed by atoms with Gasteiger partial charge in [0.2, 0.25) is 0 Å². The van der Waals surface area contributed by atoms with Crippen molar-refractivity contribution >= 4 is 32.9 Å². The van der Waals surface area contributed by atoms with Gasteiger partial charge in [-0.15, -0.1) is 0 Å². The molecule has 0 saturated heterocycles. The molecule has 0 spiro atoms. The zero-order valence-electron chi connectivity index (χ0n) is 11.9. The summed E-state index contributed by atoms with van der Waals surface area (Å²) >= 11 is 4.88. The summed E-state index contributed by atoms with van der Waals surface area (Å²) in [6.45, 7) is 3.33. The highest BCUT2D eigenvalue weighted by atomic mass is 32.2. The lowest BCUT2D eigenvalue weighted by molar-refractivity contribution is 0.593. The second-order valence-corrected chi connectivity index (χ2v) is 6.99. The number of thiocarbonyl (C=S) groups is 1. The predicted molar refractivity (Wildman–Crippen MR) is 86.0 cm³/mol. The fourth-order valence-corrected chi connectivity index (χ4v) is 3.69. The Kier molecular flexibility index (Phi) is 4.02. The van der Waals surface area contributed by atoms with E-state index >= 15 is 0 Å². The molecule has 0 aliphatic carbocycles. The molecular formula is C13H16N4O2S2. The summed E-state index contributed by atoms with van der Waals surface area (Å²) in [6, 6.07) is 6.71. The highest BCUT2D eigenvalue weighted by Gasteiger charge is 2.27. The van der Waals surface area contributed by atoms with E-state index in [4.69, 9.17) is 18.0 Å². The van der Waals surface area contributed by atoms with Gasteiger partial charge >= 0.3 is 0 Å². The van der Waals surface area contributed by atoms with E-state index in [-0.39, 0.29) is 9.88 Å². The summed E-state index contributed by atoms with van der Waals surface area (Å²) in [4.78, 5) is 0.469. The molecule has 21 heavy (non-hydrogen) atoms. The first-order valence-electron chi connectivity index (χ1n) is 6.15. The normalized spacial score (nSPS) is 11.4. The maximum Gasteiger partial charge on any atom is 0.267 e. The van der Waals surface area contributed by atoms with Gasteiger partial charge < -0.3 is 5.73 Å². The van der Waals surface area contributed by atoms with Crippen LogP contribution in [0.5, 0.6) is 0 Å². The summed E-state index contributed by atoms with van der Waals surface area (Å²) in [6.07, 6.45) is 0. The summed E-state index contributed by atoms with van der Waals surface area (Å²) in [5.41, 5.74) is 7.70. The van der Waals surface area contributed by atoms with Crippen LogP contribution in [0.15, 0.2) is 29.2 Å². The molecule has 0 saturated carbocycles. The third-order valence-electron chi connectivity index (χ3n) is 3.19. The second-order valence-electron chi connectivity index (χ2n) is 4.65. The van der Waals surface area contributed by atoms with Crippen molar-refractivity contribution in [2.45, 2.75) is 18.7 Å². The van der Waals surface area contributed by atoms with Gasteiger partial charge in [0.15, 0.2) is 0 Å². The lowest BCUT2D eigenvalue weighted by Gasteiger charge is -2.19. The Balaban J connectivity index is 2.43. The number of sulfonamides is 1. The molecule has 0 radical (unpaired) electrons. The van der Waals surface area contributed by atoms with Crippen LogP contribution in [0.4, 0.5) is 5.69 Å². The lowest BCUT2D eigenvalue weighted by atomic mass is 10.2. The number of H-pyrrole nitrogens is 1. The zero-order valence-corrected chi connectivity index (χ0v) is 13.5. The summed E-state index contributed by atoms with van der Waals surface area (Å²) in [5.74, 6) is 0. The Bertz CT molecular complexity index is 760. The van der Waals surface area contributed by atoms with Gasteiger partial charge in [-0.25, -0.2) is 8.42 Å². The molecule has 112 valence electrons.